The molecule has 0 spiro atoms. The molecule has 1 unspecified atom stereocenters. The minimum absolute atomic E-state index is 0.0681. The van der Waals surface area contributed by atoms with Gasteiger partial charge < -0.3 is 5.32 Å². The SMILES string of the molecule is Cc1ccc2cccc(NC(=O)C(c3ccccc3)N3CCS(=O)(=O)CC3)c2n1. The molecule has 7 heteroatoms. The normalized spacial score (nSPS) is 17.7. The Labute approximate surface area is 170 Å². The number of amides is 1. The first-order valence-corrected chi connectivity index (χ1v) is 11.4. The third-order valence-corrected chi connectivity index (χ3v) is 6.83. The molecule has 3 aromatic rings. The molecule has 29 heavy (non-hydrogen) atoms. The Kier molecular flexibility index (Phi) is 5.34. The predicted molar refractivity (Wildman–Crippen MR) is 115 cm³/mol. The average molecular weight is 410 g/mol. The number of carbonyl (C=O) groups excluding carboxylic acids is 1. The average Bonchev–Trinajstić information content (AvgIpc) is 2.71. The van der Waals surface area contributed by atoms with Crippen LogP contribution in [0.25, 0.3) is 10.9 Å². The van der Waals surface area contributed by atoms with Gasteiger partial charge in [-0.05, 0) is 24.6 Å². The third kappa shape index (κ3) is 4.31. The van der Waals surface area contributed by atoms with Crippen LogP contribution in [-0.2, 0) is 14.6 Å². The maximum absolute atomic E-state index is 13.4. The van der Waals surface area contributed by atoms with Crippen molar-refractivity contribution in [2.24, 2.45) is 0 Å². The summed E-state index contributed by atoms with van der Waals surface area (Å²) in [5, 5.41) is 3.99. The van der Waals surface area contributed by atoms with Crippen molar-refractivity contribution in [2.75, 3.05) is 29.9 Å². The van der Waals surface area contributed by atoms with Gasteiger partial charge in [0.15, 0.2) is 9.84 Å². The van der Waals surface area contributed by atoms with Crippen molar-refractivity contribution in [1.29, 1.82) is 0 Å². The van der Waals surface area contributed by atoms with Gasteiger partial charge in [-0.3, -0.25) is 14.7 Å². The van der Waals surface area contributed by atoms with Gasteiger partial charge in [-0.15, -0.1) is 0 Å². The Morgan fingerprint density at radius 2 is 1.72 bits per heavy atom. The molecule has 1 saturated heterocycles. The molecule has 2 heterocycles. The van der Waals surface area contributed by atoms with Crippen LogP contribution in [0.4, 0.5) is 5.69 Å². The van der Waals surface area contributed by atoms with Crippen LogP contribution >= 0.6 is 0 Å². The standard InChI is InChI=1S/C22H23N3O3S/c1-16-10-11-17-8-5-9-19(20(17)23-16)24-22(26)21(18-6-3-2-4-7-18)25-12-14-29(27,28)15-13-25/h2-11,21H,12-15H2,1H3,(H,24,26). The van der Waals surface area contributed by atoms with Crippen LogP contribution in [0.1, 0.15) is 17.3 Å². The number of hydrogen-bond acceptors (Lipinski definition) is 5. The van der Waals surface area contributed by atoms with Gasteiger partial charge in [0.2, 0.25) is 5.91 Å². The molecule has 2 aromatic carbocycles. The highest BCUT2D eigenvalue weighted by Crippen LogP contribution is 2.27. The third-order valence-electron chi connectivity index (χ3n) is 5.23. The van der Waals surface area contributed by atoms with Crippen LogP contribution in [0.3, 0.4) is 0 Å². The van der Waals surface area contributed by atoms with Crippen LogP contribution in [0.5, 0.6) is 0 Å². The fourth-order valence-electron chi connectivity index (χ4n) is 3.69. The molecule has 6 nitrogen and oxygen atoms in total. The first kappa shape index (κ1) is 19.5. The van der Waals surface area contributed by atoms with E-state index in [0.717, 1.165) is 22.2 Å². The van der Waals surface area contributed by atoms with Crippen LogP contribution in [0.15, 0.2) is 60.7 Å². The summed E-state index contributed by atoms with van der Waals surface area (Å²) in [7, 11) is -3.03. The number of rotatable bonds is 4. The number of nitrogens with zero attached hydrogens (tertiary/aromatic N) is 2. The zero-order chi connectivity index (χ0) is 20.4. The number of aromatic nitrogens is 1. The second kappa shape index (κ2) is 7.93. The van der Waals surface area contributed by atoms with E-state index in [1.165, 1.54) is 0 Å². The summed E-state index contributed by atoms with van der Waals surface area (Å²) in [5.74, 6) is -0.0524. The summed E-state index contributed by atoms with van der Waals surface area (Å²) in [6, 6.07) is 18.5. The van der Waals surface area contributed by atoms with Gasteiger partial charge in [-0.1, -0.05) is 48.5 Å². The molecule has 1 N–H and O–H groups in total. The van der Waals surface area contributed by atoms with E-state index >= 15 is 0 Å². The van der Waals surface area contributed by atoms with E-state index in [4.69, 9.17) is 0 Å². The summed E-state index contributed by atoms with van der Waals surface area (Å²) in [5.41, 5.74) is 3.12. The van der Waals surface area contributed by atoms with Gasteiger partial charge >= 0.3 is 0 Å². The van der Waals surface area contributed by atoms with Crippen molar-refractivity contribution < 1.29 is 13.2 Å². The number of para-hydroxylation sites is 1. The lowest BCUT2D eigenvalue weighted by atomic mass is 10.0. The molecular weight excluding hydrogens is 386 g/mol. The van der Waals surface area contributed by atoms with Gasteiger partial charge in [0.05, 0.1) is 22.7 Å². The molecule has 0 radical (unpaired) electrons. The summed E-state index contributed by atoms with van der Waals surface area (Å²) >= 11 is 0. The van der Waals surface area contributed by atoms with E-state index in [9.17, 15) is 13.2 Å². The summed E-state index contributed by atoms with van der Waals surface area (Å²) in [6.07, 6.45) is 0. The molecule has 1 aliphatic rings. The van der Waals surface area contributed by atoms with Crippen molar-refractivity contribution >= 4 is 32.3 Å². The number of aryl methyl sites for hydroxylation is 1. The first-order valence-electron chi connectivity index (χ1n) is 9.60. The molecule has 1 aliphatic heterocycles. The van der Waals surface area contributed by atoms with Crippen molar-refractivity contribution in [3.05, 3.63) is 71.9 Å². The molecule has 4 rings (SSSR count). The molecule has 1 aromatic heterocycles. The van der Waals surface area contributed by atoms with Crippen molar-refractivity contribution in [2.45, 2.75) is 13.0 Å². The monoisotopic (exact) mass is 409 g/mol. The Morgan fingerprint density at radius 1 is 1.00 bits per heavy atom. The summed E-state index contributed by atoms with van der Waals surface area (Å²) in [6.45, 7) is 2.59. The lowest BCUT2D eigenvalue weighted by Gasteiger charge is -2.33. The predicted octanol–water partition coefficient (Wildman–Crippen LogP) is 2.95. The Hall–Kier alpha value is -2.77. The van der Waals surface area contributed by atoms with E-state index < -0.39 is 15.9 Å². The molecule has 1 atom stereocenters. The molecule has 1 amide bonds. The lowest BCUT2D eigenvalue weighted by Crippen LogP contribution is -2.46. The van der Waals surface area contributed by atoms with Gasteiger partial charge in [-0.2, -0.15) is 0 Å². The highest BCUT2D eigenvalue weighted by Gasteiger charge is 2.32. The number of carbonyl (C=O) groups is 1. The number of hydrogen-bond donors (Lipinski definition) is 1. The number of nitrogens with one attached hydrogen (secondary N) is 1. The lowest BCUT2D eigenvalue weighted by molar-refractivity contribution is -0.121. The number of anilines is 1. The molecular formula is C22H23N3O3S. The van der Waals surface area contributed by atoms with Crippen LogP contribution < -0.4 is 5.32 Å². The van der Waals surface area contributed by atoms with Gasteiger partial charge in [0.1, 0.15) is 6.04 Å². The fourth-order valence-corrected chi connectivity index (χ4v) is 4.92. The smallest absolute Gasteiger partial charge is 0.246 e. The summed E-state index contributed by atoms with van der Waals surface area (Å²) in [4.78, 5) is 19.9. The highest BCUT2D eigenvalue weighted by atomic mass is 32.2. The van der Waals surface area contributed by atoms with Crippen molar-refractivity contribution in [3.8, 4) is 0 Å². The minimum Gasteiger partial charge on any atom is -0.323 e. The van der Waals surface area contributed by atoms with E-state index in [1.807, 2.05) is 72.5 Å². The van der Waals surface area contributed by atoms with Crippen molar-refractivity contribution in [1.82, 2.24) is 9.88 Å². The minimum atomic E-state index is -3.03. The van der Waals surface area contributed by atoms with E-state index in [-0.39, 0.29) is 17.4 Å². The number of sulfone groups is 1. The molecule has 0 bridgehead atoms. The maximum Gasteiger partial charge on any atom is 0.246 e. The topological polar surface area (TPSA) is 79.4 Å². The summed E-state index contributed by atoms with van der Waals surface area (Å²) < 4.78 is 23.7. The van der Waals surface area contributed by atoms with E-state index in [1.54, 1.807) is 0 Å². The highest BCUT2D eigenvalue weighted by molar-refractivity contribution is 7.91. The Balaban J connectivity index is 1.67. The number of benzene rings is 2. The second-order valence-corrected chi connectivity index (χ2v) is 9.62. The van der Waals surface area contributed by atoms with Gasteiger partial charge in [0, 0.05) is 24.2 Å². The van der Waals surface area contributed by atoms with Crippen molar-refractivity contribution in [3.63, 3.8) is 0 Å². The van der Waals surface area contributed by atoms with Gasteiger partial charge in [0.25, 0.3) is 0 Å². The Morgan fingerprint density at radius 3 is 2.45 bits per heavy atom. The zero-order valence-corrected chi connectivity index (χ0v) is 17.0. The quantitative estimate of drug-likeness (QED) is 0.717. The van der Waals surface area contributed by atoms with Gasteiger partial charge in [-0.25, -0.2) is 8.42 Å². The van der Waals surface area contributed by atoms with Crippen LogP contribution in [0, 0.1) is 6.92 Å². The van der Waals surface area contributed by atoms with E-state index in [0.29, 0.717) is 18.8 Å². The zero-order valence-electron chi connectivity index (χ0n) is 16.2. The largest absolute Gasteiger partial charge is 0.323 e. The number of pyridine rings is 1. The van der Waals surface area contributed by atoms with E-state index in [2.05, 4.69) is 10.3 Å². The Bertz CT molecular complexity index is 1130. The molecule has 0 aliphatic carbocycles. The van der Waals surface area contributed by atoms with Crippen LogP contribution in [-0.4, -0.2) is 48.8 Å². The molecule has 150 valence electrons. The van der Waals surface area contributed by atoms with Crippen LogP contribution in [0.2, 0.25) is 0 Å². The number of fused-ring (bicyclic) bond motifs is 1. The first-order chi connectivity index (χ1) is 13.9. The molecule has 0 saturated carbocycles. The maximum atomic E-state index is 13.4. The fraction of sp³-hybridized carbons (Fsp3) is 0.273. The molecule has 1 fully saturated rings. The second-order valence-electron chi connectivity index (χ2n) is 7.32.